The highest BCUT2D eigenvalue weighted by Crippen LogP contribution is 2.47. The Balaban J connectivity index is 2.58. The molecule has 0 spiro atoms. The Bertz CT molecular complexity index is 756. The van der Waals surface area contributed by atoms with Crippen LogP contribution in [0, 0.1) is 11.8 Å². The molecule has 0 amide bonds. The molecule has 1 saturated carbocycles. The Morgan fingerprint density at radius 2 is 1.60 bits per heavy atom. The largest absolute Gasteiger partial charge is 0.494 e. The molecule has 30 heavy (non-hydrogen) atoms. The van der Waals surface area contributed by atoms with E-state index in [-0.39, 0.29) is 6.42 Å². The molecule has 2 rings (SSSR count). The number of rotatable bonds is 7. The maximum Gasteiger partial charge on any atom is 0.317 e. The van der Waals surface area contributed by atoms with Crippen molar-refractivity contribution in [1.82, 2.24) is 0 Å². The highest BCUT2D eigenvalue weighted by atomic mass is 16.5. The molecule has 0 unspecified atom stereocenters. The van der Waals surface area contributed by atoms with E-state index in [1.807, 2.05) is 6.92 Å². The van der Waals surface area contributed by atoms with Crippen molar-refractivity contribution < 1.29 is 33.7 Å². The SMILES string of the molecule is CCOc1ccc([C@@H]2[C@H](C(=O)OC(C)C)C(=O)C[C@@](C)(O)[C@@H]2C(=O)OC(C)C)cc1. The fourth-order valence-electron chi connectivity index (χ4n) is 3.98. The molecule has 1 fully saturated rings. The molecule has 1 aromatic carbocycles. The van der Waals surface area contributed by atoms with Crippen molar-refractivity contribution in [2.24, 2.45) is 11.8 Å². The zero-order chi connectivity index (χ0) is 22.6. The van der Waals surface area contributed by atoms with E-state index in [2.05, 4.69) is 0 Å². The van der Waals surface area contributed by atoms with Crippen molar-refractivity contribution in [2.45, 2.75) is 71.7 Å². The summed E-state index contributed by atoms with van der Waals surface area (Å²) in [7, 11) is 0. The van der Waals surface area contributed by atoms with Gasteiger partial charge in [0.2, 0.25) is 0 Å². The summed E-state index contributed by atoms with van der Waals surface area (Å²) in [5, 5.41) is 11.0. The summed E-state index contributed by atoms with van der Waals surface area (Å²) in [6, 6.07) is 6.83. The third-order valence-electron chi connectivity index (χ3n) is 5.05. The van der Waals surface area contributed by atoms with E-state index in [9.17, 15) is 19.5 Å². The second-order valence-electron chi connectivity index (χ2n) is 8.45. The van der Waals surface area contributed by atoms with E-state index < -0.39 is 53.3 Å². The summed E-state index contributed by atoms with van der Waals surface area (Å²) >= 11 is 0. The first kappa shape index (κ1) is 23.9. The van der Waals surface area contributed by atoms with Gasteiger partial charge < -0.3 is 19.3 Å². The van der Waals surface area contributed by atoms with E-state index in [0.29, 0.717) is 17.9 Å². The number of ether oxygens (including phenoxy) is 3. The van der Waals surface area contributed by atoms with Crippen LogP contribution < -0.4 is 4.74 Å². The van der Waals surface area contributed by atoms with Crippen LogP contribution in [0.3, 0.4) is 0 Å². The molecule has 0 saturated heterocycles. The predicted octanol–water partition coefficient (Wildman–Crippen LogP) is 3.03. The van der Waals surface area contributed by atoms with Crippen LogP contribution in [0.2, 0.25) is 0 Å². The van der Waals surface area contributed by atoms with Gasteiger partial charge in [0.05, 0.1) is 30.3 Å². The maximum absolute atomic E-state index is 13.0. The molecular formula is C23H32O7. The molecule has 4 atom stereocenters. The van der Waals surface area contributed by atoms with E-state index in [4.69, 9.17) is 14.2 Å². The molecule has 1 aromatic rings. The summed E-state index contributed by atoms with van der Waals surface area (Å²) < 4.78 is 16.2. The van der Waals surface area contributed by atoms with Crippen LogP contribution in [0.5, 0.6) is 5.75 Å². The first-order valence-corrected chi connectivity index (χ1v) is 10.4. The van der Waals surface area contributed by atoms with Crippen LogP contribution in [0.4, 0.5) is 0 Å². The quantitative estimate of drug-likeness (QED) is 0.535. The van der Waals surface area contributed by atoms with Crippen LogP contribution in [0.1, 0.15) is 59.4 Å². The molecule has 0 radical (unpaired) electrons. The standard InChI is InChI=1S/C23H32O7/c1-7-28-16-10-8-15(9-11-16)18-19(21(25)29-13(2)3)17(24)12-23(6,27)20(18)22(26)30-14(4)5/h8-11,13-14,18-20,27H,7,12H2,1-6H3/t18-,19-,20+,23-/m1/s1. The Kier molecular flexibility index (Phi) is 7.64. The normalized spacial score (nSPS) is 26.6. The van der Waals surface area contributed by atoms with Gasteiger partial charge in [0.15, 0.2) is 5.78 Å². The highest BCUT2D eigenvalue weighted by molar-refractivity contribution is 6.02. The molecular weight excluding hydrogens is 388 g/mol. The number of carbonyl (C=O) groups is 3. The van der Waals surface area contributed by atoms with Crippen molar-refractivity contribution in [1.29, 1.82) is 0 Å². The minimum absolute atomic E-state index is 0.337. The van der Waals surface area contributed by atoms with Gasteiger partial charge in [0, 0.05) is 12.3 Å². The van der Waals surface area contributed by atoms with Crippen LogP contribution in [-0.4, -0.2) is 47.2 Å². The number of hydrogen-bond donors (Lipinski definition) is 1. The number of aliphatic hydroxyl groups is 1. The number of ketones is 1. The summed E-state index contributed by atoms with van der Waals surface area (Å²) in [6.07, 6.45) is -1.17. The first-order chi connectivity index (χ1) is 14.0. The minimum atomic E-state index is -1.67. The maximum atomic E-state index is 13.0. The number of hydrogen-bond acceptors (Lipinski definition) is 7. The zero-order valence-corrected chi connectivity index (χ0v) is 18.5. The number of esters is 2. The van der Waals surface area contributed by atoms with Gasteiger partial charge in [-0.2, -0.15) is 0 Å². The minimum Gasteiger partial charge on any atom is -0.494 e. The van der Waals surface area contributed by atoms with Crippen LogP contribution >= 0.6 is 0 Å². The number of carbonyl (C=O) groups excluding carboxylic acids is 3. The lowest BCUT2D eigenvalue weighted by molar-refractivity contribution is -0.176. The molecule has 7 nitrogen and oxygen atoms in total. The molecule has 166 valence electrons. The van der Waals surface area contributed by atoms with Crippen molar-refractivity contribution in [3.8, 4) is 5.75 Å². The molecule has 0 aromatic heterocycles. The van der Waals surface area contributed by atoms with Gasteiger partial charge in [-0.05, 0) is 59.2 Å². The highest BCUT2D eigenvalue weighted by Gasteiger charge is 2.57. The Labute approximate surface area is 177 Å². The lowest BCUT2D eigenvalue weighted by Crippen LogP contribution is -2.55. The second-order valence-corrected chi connectivity index (χ2v) is 8.45. The Hall–Kier alpha value is -2.41. The lowest BCUT2D eigenvalue weighted by Gasteiger charge is -2.44. The average molecular weight is 421 g/mol. The molecule has 0 aliphatic heterocycles. The Morgan fingerprint density at radius 1 is 1.07 bits per heavy atom. The summed E-state index contributed by atoms with van der Waals surface area (Å²) in [6.45, 7) is 10.6. The van der Waals surface area contributed by atoms with Crippen molar-refractivity contribution in [3.63, 3.8) is 0 Å². The van der Waals surface area contributed by atoms with Gasteiger partial charge in [0.1, 0.15) is 11.7 Å². The smallest absolute Gasteiger partial charge is 0.317 e. The molecule has 1 aliphatic carbocycles. The second kappa shape index (κ2) is 9.60. The van der Waals surface area contributed by atoms with E-state index in [1.54, 1.807) is 52.0 Å². The summed E-state index contributed by atoms with van der Waals surface area (Å²) in [5.41, 5.74) is -1.11. The molecule has 1 N–H and O–H groups in total. The van der Waals surface area contributed by atoms with Crippen molar-refractivity contribution >= 4 is 17.7 Å². The van der Waals surface area contributed by atoms with E-state index in [0.717, 1.165) is 0 Å². The van der Waals surface area contributed by atoms with Gasteiger partial charge >= 0.3 is 11.9 Å². The van der Waals surface area contributed by atoms with E-state index in [1.165, 1.54) is 6.92 Å². The van der Waals surface area contributed by atoms with Gasteiger partial charge in [-0.3, -0.25) is 14.4 Å². The van der Waals surface area contributed by atoms with Gasteiger partial charge in [-0.25, -0.2) is 0 Å². The predicted molar refractivity (Wildman–Crippen MR) is 110 cm³/mol. The van der Waals surface area contributed by atoms with Crippen molar-refractivity contribution in [3.05, 3.63) is 29.8 Å². The van der Waals surface area contributed by atoms with Gasteiger partial charge in [0.25, 0.3) is 0 Å². The van der Waals surface area contributed by atoms with Gasteiger partial charge in [-0.1, -0.05) is 12.1 Å². The number of benzene rings is 1. The molecule has 0 heterocycles. The Morgan fingerprint density at radius 3 is 2.10 bits per heavy atom. The monoisotopic (exact) mass is 420 g/mol. The third kappa shape index (κ3) is 5.39. The summed E-state index contributed by atoms with van der Waals surface area (Å²) in [4.78, 5) is 38.8. The number of Topliss-reactive ketones (excluding diaryl/α,β-unsaturated/α-hetero) is 1. The van der Waals surface area contributed by atoms with Crippen molar-refractivity contribution in [2.75, 3.05) is 6.61 Å². The molecule has 1 aliphatic rings. The van der Waals surface area contributed by atoms with Crippen LogP contribution in [0.25, 0.3) is 0 Å². The lowest BCUT2D eigenvalue weighted by atomic mass is 9.61. The zero-order valence-electron chi connectivity index (χ0n) is 18.5. The first-order valence-electron chi connectivity index (χ1n) is 10.4. The van der Waals surface area contributed by atoms with Gasteiger partial charge in [-0.15, -0.1) is 0 Å². The topological polar surface area (TPSA) is 99.1 Å². The fourth-order valence-corrected chi connectivity index (χ4v) is 3.98. The van der Waals surface area contributed by atoms with Crippen LogP contribution in [-0.2, 0) is 23.9 Å². The third-order valence-corrected chi connectivity index (χ3v) is 5.05. The fraction of sp³-hybridized carbons (Fsp3) is 0.609. The van der Waals surface area contributed by atoms with E-state index >= 15 is 0 Å². The van der Waals surface area contributed by atoms with Crippen LogP contribution in [0.15, 0.2) is 24.3 Å². The molecule has 0 bridgehead atoms. The summed E-state index contributed by atoms with van der Waals surface area (Å²) in [5.74, 6) is -4.43. The molecule has 7 heteroatoms. The average Bonchev–Trinajstić information content (AvgIpc) is 2.59.